The fourth-order valence-corrected chi connectivity index (χ4v) is 3.29. The topological polar surface area (TPSA) is 75.3 Å². The number of carbonyl (C=O) groups is 3. The molecular weight excluding hydrogens is 340 g/mol. The van der Waals surface area contributed by atoms with E-state index in [-0.39, 0.29) is 5.91 Å². The molecule has 0 saturated carbocycles. The lowest BCUT2D eigenvalue weighted by Gasteiger charge is -2.17. The molecule has 1 aliphatic heterocycles. The summed E-state index contributed by atoms with van der Waals surface area (Å²) in [6, 6.07) is 6.66. The molecule has 5 heteroatoms. The molecule has 2 amide bonds. The highest BCUT2D eigenvalue weighted by Gasteiger charge is 2.26. The van der Waals surface area contributed by atoms with Crippen LogP contribution in [0.25, 0.3) is 0 Å². The fraction of sp³-hybridized carbons (Fsp3) is 0.500. The Morgan fingerprint density at radius 3 is 2.63 bits per heavy atom. The molecule has 146 valence electrons. The first kappa shape index (κ1) is 20.9. The van der Waals surface area contributed by atoms with E-state index in [0.29, 0.717) is 18.5 Å². The van der Waals surface area contributed by atoms with Gasteiger partial charge in [-0.05, 0) is 50.7 Å². The largest absolute Gasteiger partial charge is 0.350 e. The molecule has 1 aromatic rings. The summed E-state index contributed by atoms with van der Waals surface area (Å²) in [5.41, 5.74) is 1.58. The molecule has 0 fully saturated rings. The second-order valence-electron chi connectivity index (χ2n) is 6.92. The van der Waals surface area contributed by atoms with Crippen LogP contribution in [0.4, 0.5) is 0 Å². The SMILES string of the molecule is CCNC(=O)C(=O)[C@@H]1C/C=C/CCCCCCCc2ccccc2C(=O)N1. The smallest absolute Gasteiger partial charge is 0.289 e. The number of aryl methyl sites for hydroxylation is 1. The van der Waals surface area contributed by atoms with Crippen LogP contribution in [0.1, 0.15) is 67.8 Å². The summed E-state index contributed by atoms with van der Waals surface area (Å²) >= 11 is 0. The van der Waals surface area contributed by atoms with Gasteiger partial charge in [0, 0.05) is 12.1 Å². The van der Waals surface area contributed by atoms with Gasteiger partial charge >= 0.3 is 0 Å². The number of amides is 2. The minimum absolute atomic E-state index is 0.295. The number of hydrogen-bond donors (Lipinski definition) is 2. The van der Waals surface area contributed by atoms with Crippen molar-refractivity contribution in [3.8, 4) is 0 Å². The molecule has 0 spiro atoms. The van der Waals surface area contributed by atoms with E-state index in [1.165, 1.54) is 12.8 Å². The lowest BCUT2D eigenvalue weighted by molar-refractivity contribution is -0.138. The lowest BCUT2D eigenvalue weighted by atomic mass is 9.99. The van der Waals surface area contributed by atoms with Crippen molar-refractivity contribution in [2.45, 2.75) is 64.3 Å². The fourth-order valence-electron chi connectivity index (χ4n) is 3.29. The Hall–Kier alpha value is -2.43. The summed E-state index contributed by atoms with van der Waals surface area (Å²) in [4.78, 5) is 37.3. The van der Waals surface area contributed by atoms with Crippen LogP contribution in [0, 0.1) is 0 Å². The highest BCUT2D eigenvalue weighted by Crippen LogP contribution is 2.15. The van der Waals surface area contributed by atoms with Gasteiger partial charge in [0.1, 0.15) is 6.04 Å². The number of ketones is 1. The summed E-state index contributed by atoms with van der Waals surface area (Å²) in [7, 11) is 0. The molecular formula is C22H30N2O3. The van der Waals surface area contributed by atoms with E-state index in [1.54, 1.807) is 13.0 Å². The van der Waals surface area contributed by atoms with Crippen LogP contribution < -0.4 is 10.6 Å². The third kappa shape index (κ3) is 6.66. The Morgan fingerprint density at radius 1 is 1.07 bits per heavy atom. The van der Waals surface area contributed by atoms with Gasteiger partial charge in [-0.25, -0.2) is 0 Å². The lowest BCUT2D eigenvalue weighted by Crippen LogP contribution is -2.47. The van der Waals surface area contributed by atoms with Crippen LogP contribution in [-0.2, 0) is 16.0 Å². The van der Waals surface area contributed by atoms with Crippen molar-refractivity contribution < 1.29 is 14.4 Å². The predicted octanol–water partition coefficient (Wildman–Crippen LogP) is 3.33. The Morgan fingerprint density at radius 2 is 1.81 bits per heavy atom. The molecule has 1 aromatic carbocycles. The summed E-state index contributed by atoms with van der Waals surface area (Å²) in [6.45, 7) is 2.14. The van der Waals surface area contributed by atoms with Crippen LogP contribution in [-0.4, -0.2) is 30.2 Å². The van der Waals surface area contributed by atoms with Crippen molar-refractivity contribution >= 4 is 17.6 Å². The molecule has 0 radical (unpaired) electrons. The first-order valence-electron chi connectivity index (χ1n) is 9.99. The molecule has 0 saturated heterocycles. The van der Waals surface area contributed by atoms with Crippen molar-refractivity contribution in [1.29, 1.82) is 0 Å². The number of hydrogen-bond acceptors (Lipinski definition) is 3. The second kappa shape index (κ2) is 11.3. The van der Waals surface area contributed by atoms with Crippen LogP contribution in [0.2, 0.25) is 0 Å². The Kier molecular flexibility index (Phi) is 8.75. The summed E-state index contributed by atoms with van der Waals surface area (Å²) < 4.78 is 0. The monoisotopic (exact) mass is 370 g/mol. The Labute approximate surface area is 161 Å². The number of fused-ring (bicyclic) bond motifs is 1. The van der Waals surface area contributed by atoms with E-state index >= 15 is 0 Å². The third-order valence-corrected chi connectivity index (χ3v) is 4.80. The molecule has 1 aliphatic rings. The van der Waals surface area contributed by atoms with Crippen LogP contribution in [0.5, 0.6) is 0 Å². The molecule has 1 atom stereocenters. The molecule has 0 unspecified atom stereocenters. The minimum atomic E-state index is -0.849. The van der Waals surface area contributed by atoms with Gasteiger partial charge in [-0.3, -0.25) is 14.4 Å². The van der Waals surface area contributed by atoms with Crippen LogP contribution >= 0.6 is 0 Å². The molecule has 27 heavy (non-hydrogen) atoms. The molecule has 2 rings (SSSR count). The number of carbonyl (C=O) groups excluding carboxylic acids is 3. The van der Waals surface area contributed by atoms with Gasteiger partial charge in [-0.1, -0.05) is 49.6 Å². The molecule has 0 aliphatic carbocycles. The summed E-state index contributed by atoms with van der Waals surface area (Å²) in [6.07, 6.45) is 11.8. The molecule has 1 heterocycles. The Balaban J connectivity index is 2.22. The standard InChI is InChI=1S/C22H30N2O3/c1-2-23-22(27)20(25)19-16-10-8-6-4-3-5-7-9-13-17-14-11-12-15-18(17)21(26)24-19/h8,10-12,14-15,19H,2-7,9,13,16H2,1H3,(H,23,27)(H,24,26)/b10-8+/t19-/m0/s1. The first-order valence-corrected chi connectivity index (χ1v) is 9.99. The number of allylic oxidation sites excluding steroid dienone is 1. The van der Waals surface area contributed by atoms with Gasteiger partial charge in [0.25, 0.3) is 11.8 Å². The van der Waals surface area contributed by atoms with E-state index in [9.17, 15) is 14.4 Å². The van der Waals surface area contributed by atoms with Gasteiger partial charge in [-0.2, -0.15) is 0 Å². The molecule has 0 bridgehead atoms. The maximum atomic E-state index is 12.8. The minimum Gasteiger partial charge on any atom is -0.350 e. The quantitative estimate of drug-likeness (QED) is 0.633. The number of nitrogens with one attached hydrogen (secondary N) is 2. The van der Waals surface area contributed by atoms with Gasteiger partial charge in [0.15, 0.2) is 0 Å². The van der Waals surface area contributed by atoms with E-state index in [1.807, 2.05) is 30.4 Å². The average molecular weight is 370 g/mol. The zero-order chi connectivity index (χ0) is 19.5. The third-order valence-electron chi connectivity index (χ3n) is 4.80. The molecule has 0 aromatic heterocycles. The van der Waals surface area contributed by atoms with Gasteiger partial charge in [0.2, 0.25) is 5.78 Å². The van der Waals surface area contributed by atoms with E-state index < -0.39 is 17.7 Å². The number of likely N-dealkylation sites (N-methyl/N-ethyl adjacent to an activating group) is 1. The maximum absolute atomic E-state index is 12.8. The van der Waals surface area contributed by atoms with Gasteiger partial charge in [-0.15, -0.1) is 0 Å². The summed E-state index contributed by atoms with van der Waals surface area (Å²) in [5.74, 6) is -1.55. The normalized spacial score (nSPS) is 20.3. The first-order chi connectivity index (χ1) is 13.1. The van der Waals surface area contributed by atoms with E-state index in [2.05, 4.69) is 10.6 Å². The Bertz CT molecular complexity index is 682. The zero-order valence-electron chi connectivity index (χ0n) is 16.1. The van der Waals surface area contributed by atoms with Crippen molar-refractivity contribution in [3.05, 3.63) is 47.5 Å². The van der Waals surface area contributed by atoms with E-state index in [4.69, 9.17) is 0 Å². The molecule has 2 N–H and O–H groups in total. The van der Waals surface area contributed by atoms with E-state index in [0.717, 1.165) is 37.7 Å². The van der Waals surface area contributed by atoms with Crippen molar-refractivity contribution in [2.24, 2.45) is 0 Å². The van der Waals surface area contributed by atoms with Crippen molar-refractivity contribution in [3.63, 3.8) is 0 Å². The second-order valence-corrected chi connectivity index (χ2v) is 6.92. The summed E-state index contributed by atoms with van der Waals surface area (Å²) in [5, 5.41) is 5.31. The number of rotatable bonds is 3. The van der Waals surface area contributed by atoms with Gasteiger partial charge in [0.05, 0.1) is 0 Å². The zero-order valence-corrected chi connectivity index (χ0v) is 16.1. The van der Waals surface area contributed by atoms with Gasteiger partial charge < -0.3 is 10.6 Å². The highest BCUT2D eigenvalue weighted by molar-refractivity contribution is 6.38. The van der Waals surface area contributed by atoms with Crippen LogP contribution in [0.3, 0.4) is 0 Å². The maximum Gasteiger partial charge on any atom is 0.289 e. The van der Waals surface area contributed by atoms with Crippen molar-refractivity contribution in [2.75, 3.05) is 6.54 Å². The number of benzene rings is 1. The predicted molar refractivity (Wildman–Crippen MR) is 107 cm³/mol. The van der Waals surface area contributed by atoms with Crippen LogP contribution in [0.15, 0.2) is 36.4 Å². The highest BCUT2D eigenvalue weighted by atomic mass is 16.2. The molecule has 5 nitrogen and oxygen atoms in total. The van der Waals surface area contributed by atoms with Crippen molar-refractivity contribution in [1.82, 2.24) is 10.6 Å². The average Bonchev–Trinajstić information content (AvgIpc) is 2.68. The number of Topliss-reactive ketones (excluding diaryl/α,β-unsaturated/α-hetero) is 1.